The summed E-state index contributed by atoms with van der Waals surface area (Å²) in [4.78, 5) is 11.8. The number of hydrogen-bond donors (Lipinski definition) is 2. The molecule has 100 valence electrons. The normalized spacial score (nSPS) is 10.7. The first kappa shape index (κ1) is 13.2. The number of nitrogens with zero attached hydrogens (tertiary/aromatic N) is 3. The summed E-state index contributed by atoms with van der Waals surface area (Å²) in [6.07, 6.45) is 3.33. The SMILES string of the molecule is CC(C)NCC(=O)Nc1ccccc1-n1ccnn1. The Labute approximate surface area is 111 Å². The molecule has 0 bridgehead atoms. The lowest BCUT2D eigenvalue weighted by Gasteiger charge is -2.12. The molecule has 1 amide bonds. The van der Waals surface area contributed by atoms with E-state index in [0.29, 0.717) is 5.69 Å². The lowest BCUT2D eigenvalue weighted by atomic mass is 10.2. The highest BCUT2D eigenvalue weighted by Gasteiger charge is 2.08. The van der Waals surface area contributed by atoms with Gasteiger partial charge < -0.3 is 10.6 Å². The van der Waals surface area contributed by atoms with Crippen LogP contribution in [0.1, 0.15) is 13.8 Å². The number of anilines is 1. The predicted octanol–water partition coefficient (Wildman–Crippen LogP) is 1.20. The number of nitrogens with one attached hydrogen (secondary N) is 2. The van der Waals surface area contributed by atoms with E-state index in [1.165, 1.54) is 0 Å². The third kappa shape index (κ3) is 3.62. The zero-order valence-corrected chi connectivity index (χ0v) is 11.0. The average molecular weight is 259 g/mol. The van der Waals surface area contributed by atoms with Gasteiger partial charge in [-0.15, -0.1) is 5.10 Å². The van der Waals surface area contributed by atoms with Crippen LogP contribution in [0, 0.1) is 0 Å². The molecular formula is C13H17N5O. The van der Waals surface area contributed by atoms with Crippen molar-refractivity contribution in [2.45, 2.75) is 19.9 Å². The van der Waals surface area contributed by atoms with Crippen molar-refractivity contribution in [1.29, 1.82) is 0 Å². The second kappa shape index (κ2) is 6.10. The van der Waals surface area contributed by atoms with Crippen molar-refractivity contribution in [3.05, 3.63) is 36.7 Å². The van der Waals surface area contributed by atoms with E-state index < -0.39 is 0 Å². The van der Waals surface area contributed by atoms with E-state index in [1.54, 1.807) is 17.1 Å². The van der Waals surface area contributed by atoms with E-state index in [0.717, 1.165) is 5.69 Å². The minimum atomic E-state index is -0.0822. The van der Waals surface area contributed by atoms with Crippen LogP contribution in [0.15, 0.2) is 36.7 Å². The summed E-state index contributed by atoms with van der Waals surface area (Å²) in [5.74, 6) is -0.0822. The van der Waals surface area contributed by atoms with Crippen LogP contribution in [-0.2, 0) is 4.79 Å². The summed E-state index contributed by atoms with van der Waals surface area (Å²) in [6, 6.07) is 7.74. The highest BCUT2D eigenvalue weighted by Crippen LogP contribution is 2.18. The molecule has 1 aromatic carbocycles. The van der Waals surface area contributed by atoms with Gasteiger partial charge in [-0.3, -0.25) is 4.79 Å². The van der Waals surface area contributed by atoms with Crippen LogP contribution in [0.5, 0.6) is 0 Å². The highest BCUT2D eigenvalue weighted by atomic mass is 16.1. The van der Waals surface area contributed by atoms with Gasteiger partial charge in [-0.05, 0) is 12.1 Å². The molecular weight excluding hydrogens is 242 g/mol. The number of para-hydroxylation sites is 2. The first-order chi connectivity index (χ1) is 9.16. The largest absolute Gasteiger partial charge is 0.323 e. The molecule has 0 aliphatic heterocycles. The molecule has 19 heavy (non-hydrogen) atoms. The number of benzene rings is 1. The minimum absolute atomic E-state index is 0.0822. The molecule has 6 nitrogen and oxygen atoms in total. The fourth-order valence-corrected chi connectivity index (χ4v) is 1.61. The van der Waals surface area contributed by atoms with Gasteiger partial charge in [0.05, 0.1) is 30.3 Å². The maximum Gasteiger partial charge on any atom is 0.238 e. The lowest BCUT2D eigenvalue weighted by molar-refractivity contribution is -0.115. The van der Waals surface area contributed by atoms with Gasteiger partial charge in [0.15, 0.2) is 0 Å². The Kier molecular flexibility index (Phi) is 4.25. The number of rotatable bonds is 5. The number of carbonyl (C=O) groups is 1. The van der Waals surface area contributed by atoms with E-state index in [-0.39, 0.29) is 18.5 Å². The van der Waals surface area contributed by atoms with Gasteiger partial charge in [-0.25, -0.2) is 4.68 Å². The fourth-order valence-electron chi connectivity index (χ4n) is 1.61. The van der Waals surface area contributed by atoms with Gasteiger partial charge >= 0.3 is 0 Å². The van der Waals surface area contributed by atoms with Gasteiger partial charge in [-0.1, -0.05) is 31.2 Å². The molecule has 0 saturated heterocycles. The molecule has 1 aromatic heterocycles. The number of carbonyl (C=O) groups excluding carboxylic acids is 1. The number of aromatic nitrogens is 3. The molecule has 0 spiro atoms. The fraction of sp³-hybridized carbons (Fsp3) is 0.308. The Hall–Kier alpha value is -2.21. The van der Waals surface area contributed by atoms with Gasteiger partial charge in [0, 0.05) is 6.04 Å². The highest BCUT2D eigenvalue weighted by molar-refractivity contribution is 5.94. The van der Waals surface area contributed by atoms with Crippen LogP contribution < -0.4 is 10.6 Å². The molecule has 0 saturated carbocycles. The molecule has 0 radical (unpaired) electrons. The zero-order valence-electron chi connectivity index (χ0n) is 11.0. The van der Waals surface area contributed by atoms with Crippen LogP contribution in [0.25, 0.3) is 5.69 Å². The van der Waals surface area contributed by atoms with Crippen LogP contribution in [0.2, 0.25) is 0 Å². The van der Waals surface area contributed by atoms with E-state index >= 15 is 0 Å². The third-order valence-electron chi connectivity index (χ3n) is 2.52. The quantitative estimate of drug-likeness (QED) is 0.846. The van der Waals surface area contributed by atoms with E-state index in [2.05, 4.69) is 20.9 Å². The predicted molar refractivity (Wildman–Crippen MR) is 73.1 cm³/mol. The van der Waals surface area contributed by atoms with Crippen molar-refractivity contribution in [1.82, 2.24) is 20.3 Å². The number of amides is 1. The molecule has 0 unspecified atom stereocenters. The Morgan fingerprint density at radius 1 is 1.37 bits per heavy atom. The molecule has 0 fully saturated rings. The number of hydrogen-bond acceptors (Lipinski definition) is 4. The van der Waals surface area contributed by atoms with Crippen LogP contribution in [0.3, 0.4) is 0 Å². The van der Waals surface area contributed by atoms with E-state index in [9.17, 15) is 4.79 Å². The smallest absolute Gasteiger partial charge is 0.238 e. The van der Waals surface area contributed by atoms with Crippen molar-refractivity contribution in [3.8, 4) is 5.69 Å². The topological polar surface area (TPSA) is 71.8 Å². The first-order valence-corrected chi connectivity index (χ1v) is 6.16. The minimum Gasteiger partial charge on any atom is -0.323 e. The van der Waals surface area contributed by atoms with Gasteiger partial charge in [0.25, 0.3) is 0 Å². The summed E-state index contributed by atoms with van der Waals surface area (Å²) in [5.41, 5.74) is 1.50. The van der Waals surface area contributed by atoms with Crippen molar-refractivity contribution in [2.75, 3.05) is 11.9 Å². The molecule has 0 aliphatic carbocycles. The average Bonchev–Trinajstić information content (AvgIpc) is 2.91. The van der Waals surface area contributed by atoms with Gasteiger partial charge in [0.2, 0.25) is 5.91 Å². The Balaban J connectivity index is 2.10. The summed E-state index contributed by atoms with van der Waals surface area (Å²) >= 11 is 0. The third-order valence-corrected chi connectivity index (χ3v) is 2.52. The monoisotopic (exact) mass is 259 g/mol. The summed E-state index contributed by atoms with van der Waals surface area (Å²) in [5, 5.41) is 13.6. The zero-order chi connectivity index (χ0) is 13.7. The first-order valence-electron chi connectivity index (χ1n) is 6.16. The lowest BCUT2D eigenvalue weighted by Crippen LogP contribution is -2.32. The second-order valence-corrected chi connectivity index (χ2v) is 4.45. The Bertz CT molecular complexity index is 536. The summed E-state index contributed by atoms with van der Waals surface area (Å²) in [7, 11) is 0. The van der Waals surface area contributed by atoms with Crippen LogP contribution in [0.4, 0.5) is 5.69 Å². The van der Waals surface area contributed by atoms with Crippen molar-refractivity contribution in [2.24, 2.45) is 0 Å². The van der Waals surface area contributed by atoms with Gasteiger partial charge in [0.1, 0.15) is 0 Å². The maximum absolute atomic E-state index is 11.8. The molecule has 6 heteroatoms. The molecule has 0 atom stereocenters. The summed E-state index contributed by atoms with van der Waals surface area (Å²) in [6.45, 7) is 4.27. The molecule has 0 aliphatic rings. The molecule has 2 aromatic rings. The maximum atomic E-state index is 11.8. The summed E-state index contributed by atoms with van der Waals surface area (Å²) < 4.78 is 1.62. The second-order valence-electron chi connectivity index (χ2n) is 4.45. The van der Waals surface area contributed by atoms with Crippen LogP contribution >= 0.6 is 0 Å². The Morgan fingerprint density at radius 3 is 2.84 bits per heavy atom. The van der Waals surface area contributed by atoms with E-state index in [4.69, 9.17) is 0 Å². The van der Waals surface area contributed by atoms with Crippen molar-refractivity contribution < 1.29 is 4.79 Å². The van der Waals surface area contributed by atoms with Crippen molar-refractivity contribution in [3.63, 3.8) is 0 Å². The van der Waals surface area contributed by atoms with Gasteiger partial charge in [-0.2, -0.15) is 0 Å². The molecule has 1 heterocycles. The molecule has 2 N–H and O–H groups in total. The molecule has 2 rings (SSSR count). The van der Waals surface area contributed by atoms with Crippen molar-refractivity contribution >= 4 is 11.6 Å². The van der Waals surface area contributed by atoms with Crippen LogP contribution in [-0.4, -0.2) is 33.5 Å². The van der Waals surface area contributed by atoms with E-state index in [1.807, 2.05) is 38.1 Å². The standard InChI is InChI=1S/C13H17N5O/c1-10(2)14-9-13(19)16-11-5-3-4-6-12(11)18-8-7-15-17-18/h3-8,10,14H,9H2,1-2H3,(H,16,19). The Morgan fingerprint density at radius 2 is 2.16 bits per heavy atom.